The number of ether oxygens (including phenoxy) is 1. The van der Waals surface area contributed by atoms with Crippen molar-refractivity contribution in [2.24, 2.45) is 5.73 Å². The van der Waals surface area contributed by atoms with Crippen molar-refractivity contribution in [1.29, 1.82) is 0 Å². The minimum Gasteiger partial charge on any atom is -0.493 e. The van der Waals surface area contributed by atoms with E-state index in [0.29, 0.717) is 24.8 Å². The monoisotopic (exact) mass is 181 g/mol. The lowest BCUT2D eigenvalue weighted by Crippen LogP contribution is -2.20. The summed E-state index contributed by atoms with van der Waals surface area (Å²) in [5.74, 6) is 0.725. The average molecular weight is 181 g/mol. The first-order valence-electron chi connectivity index (χ1n) is 4.43. The van der Waals surface area contributed by atoms with Gasteiger partial charge in [0.15, 0.2) is 0 Å². The Bertz CT molecular complexity index is 314. The third kappa shape index (κ3) is 1.52. The van der Waals surface area contributed by atoms with Crippen LogP contribution in [0.15, 0.2) is 18.2 Å². The van der Waals surface area contributed by atoms with Crippen molar-refractivity contribution < 1.29 is 9.13 Å². The Morgan fingerprint density at radius 2 is 2.38 bits per heavy atom. The van der Waals surface area contributed by atoms with Crippen LogP contribution < -0.4 is 10.5 Å². The molecule has 1 aliphatic heterocycles. The maximum absolute atomic E-state index is 12.8. The van der Waals surface area contributed by atoms with Gasteiger partial charge in [0.2, 0.25) is 0 Å². The Morgan fingerprint density at radius 1 is 1.54 bits per heavy atom. The van der Waals surface area contributed by atoms with Crippen molar-refractivity contribution in [2.75, 3.05) is 13.2 Å². The third-order valence-corrected chi connectivity index (χ3v) is 2.42. The van der Waals surface area contributed by atoms with Gasteiger partial charge >= 0.3 is 0 Å². The van der Waals surface area contributed by atoms with E-state index >= 15 is 0 Å². The van der Waals surface area contributed by atoms with Crippen LogP contribution in [0.2, 0.25) is 0 Å². The molecule has 0 saturated carbocycles. The van der Waals surface area contributed by atoms with Crippen LogP contribution in [-0.4, -0.2) is 13.2 Å². The lowest BCUT2D eigenvalue weighted by molar-refractivity contribution is 0.267. The van der Waals surface area contributed by atoms with E-state index in [1.807, 2.05) is 0 Å². The predicted molar refractivity (Wildman–Crippen MR) is 48.3 cm³/mol. The molecule has 13 heavy (non-hydrogen) atoms. The molecule has 0 bridgehead atoms. The summed E-state index contributed by atoms with van der Waals surface area (Å²) in [6.07, 6.45) is 0.926. The topological polar surface area (TPSA) is 35.2 Å². The summed E-state index contributed by atoms with van der Waals surface area (Å²) in [5.41, 5.74) is 6.64. The van der Waals surface area contributed by atoms with E-state index in [0.717, 1.165) is 12.0 Å². The van der Waals surface area contributed by atoms with Crippen molar-refractivity contribution in [3.63, 3.8) is 0 Å². The second-order valence-corrected chi connectivity index (χ2v) is 3.25. The predicted octanol–water partition coefficient (Wildman–Crippen LogP) is 1.65. The van der Waals surface area contributed by atoms with Crippen LogP contribution in [0.3, 0.4) is 0 Å². The van der Waals surface area contributed by atoms with Gasteiger partial charge in [0.25, 0.3) is 0 Å². The van der Waals surface area contributed by atoms with Gasteiger partial charge in [0.1, 0.15) is 11.6 Å². The van der Waals surface area contributed by atoms with Crippen LogP contribution in [0.5, 0.6) is 5.75 Å². The van der Waals surface area contributed by atoms with E-state index in [1.165, 1.54) is 12.1 Å². The van der Waals surface area contributed by atoms with Crippen LogP contribution >= 0.6 is 0 Å². The van der Waals surface area contributed by atoms with Crippen LogP contribution in [0.4, 0.5) is 4.39 Å². The van der Waals surface area contributed by atoms with Crippen molar-refractivity contribution in [1.82, 2.24) is 0 Å². The van der Waals surface area contributed by atoms with Crippen LogP contribution in [0.1, 0.15) is 17.9 Å². The lowest BCUT2D eigenvalue weighted by Gasteiger charge is -2.24. The van der Waals surface area contributed by atoms with Crippen molar-refractivity contribution in [3.05, 3.63) is 29.6 Å². The molecule has 0 saturated heterocycles. The first-order valence-corrected chi connectivity index (χ1v) is 4.43. The summed E-state index contributed by atoms with van der Waals surface area (Å²) in [6.45, 7) is 1.24. The molecule has 2 rings (SSSR count). The first-order chi connectivity index (χ1) is 6.31. The molecule has 2 nitrogen and oxygen atoms in total. The smallest absolute Gasteiger partial charge is 0.126 e. The fourth-order valence-electron chi connectivity index (χ4n) is 1.68. The molecule has 1 aromatic rings. The number of rotatable bonds is 1. The molecule has 1 heterocycles. The minimum absolute atomic E-state index is 0.253. The highest BCUT2D eigenvalue weighted by molar-refractivity contribution is 5.38. The summed E-state index contributed by atoms with van der Waals surface area (Å²) in [5, 5.41) is 0. The highest BCUT2D eigenvalue weighted by Gasteiger charge is 2.20. The molecule has 0 spiro atoms. The third-order valence-electron chi connectivity index (χ3n) is 2.42. The molecule has 0 fully saturated rings. The van der Waals surface area contributed by atoms with Gasteiger partial charge in [-0.1, -0.05) is 6.07 Å². The van der Waals surface area contributed by atoms with Gasteiger partial charge in [-0.15, -0.1) is 0 Å². The molecule has 1 aliphatic rings. The van der Waals surface area contributed by atoms with Gasteiger partial charge in [-0.25, -0.2) is 4.39 Å². The zero-order valence-corrected chi connectivity index (χ0v) is 7.29. The van der Waals surface area contributed by atoms with Gasteiger partial charge in [-0.05, 0) is 24.6 Å². The van der Waals surface area contributed by atoms with E-state index in [1.54, 1.807) is 6.07 Å². The minimum atomic E-state index is -0.253. The molecule has 1 atom stereocenters. The maximum atomic E-state index is 12.8. The quantitative estimate of drug-likeness (QED) is 0.715. The summed E-state index contributed by atoms with van der Waals surface area (Å²) in [6, 6.07) is 4.65. The van der Waals surface area contributed by atoms with Crippen LogP contribution in [0, 0.1) is 5.82 Å². The van der Waals surface area contributed by atoms with Crippen molar-refractivity contribution >= 4 is 0 Å². The summed E-state index contributed by atoms with van der Waals surface area (Å²) >= 11 is 0. The van der Waals surface area contributed by atoms with Gasteiger partial charge in [0.05, 0.1) is 6.61 Å². The Morgan fingerprint density at radius 3 is 3.15 bits per heavy atom. The standard InChI is InChI=1S/C10H12FNO/c11-8-1-2-9-7(6-12)3-4-13-10(9)5-8/h1-2,5,7H,3-4,6,12H2/t7-/m1/s1. The largest absolute Gasteiger partial charge is 0.493 e. The number of halogens is 1. The Balaban J connectivity index is 2.40. The summed E-state index contributed by atoms with van der Waals surface area (Å²) in [4.78, 5) is 0. The fourth-order valence-corrected chi connectivity index (χ4v) is 1.68. The molecule has 0 aromatic heterocycles. The zero-order chi connectivity index (χ0) is 9.26. The van der Waals surface area contributed by atoms with Gasteiger partial charge in [-0.3, -0.25) is 0 Å². The van der Waals surface area contributed by atoms with Crippen LogP contribution in [0.25, 0.3) is 0 Å². The normalized spacial score (nSPS) is 20.6. The van der Waals surface area contributed by atoms with E-state index in [2.05, 4.69) is 0 Å². The molecule has 1 aromatic carbocycles. The number of hydrogen-bond acceptors (Lipinski definition) is 2. The molecular formula is C10H12FNO. The first kappa shape index (κ1) is 8.51. The molecule has 3 heteroatoms. The Labute approximate surface area is 76.5 Å². The molecule has 0 unspecified atom stereocenters. The number of nitrogens with two attached hydrogens (primary N) is 1. The fraction of sp³-hybridized carbons (Fsp3) is 0.400. The van der Waals surface area contributed by atoms with Crippen LogP contribution in [-0.2, 0) is 0 Å². The molecule has 70 valence electrons. The number of fused-ring (bicyclic) bond motifs is 1. The summed E-state index contributed by atoms with van der Waals surface area (Å²) in [7, 11) is 0. The SMILES string of the molecule is NC[C@H]1CCOc2cc(F)ccc21. The maximum Gasteiger partial charge on any atom is 0.126 e. The van der Waals surface area contributed by atoms with E-state index < -0.39 is 0 Å². The Kier molecular flexibility index (Phi) is 2.19. The van der Waals surface area contributed by atoms with Gasteiger partial charge in [0, 0.05) is 12.0 Å². The van der Waals surface area contributed by atoms with E-state index in [4.69, 9.17) is 10.5 Å². The molecule has 2 N–H and O–H groups in total. The van der Waals surface area contributed by atoms with Gasteiger partial charge in [-0.2, -0.15) is 0 Å². The lowest BCUT2D eigenvalue weighted by atomic mass is 9.93. The second-order valence-electron chi connectivity index (χ2n) is 3.25. The molecular weight excluding hydrogens is 169 g/mol. The zero-order valence-electron chi connectivity index (χ0n) is 7.29. The average Bonchev–Trinajstić information content (AvgIpc) is 2.16. The number of hydrogen-bond donors (Lipinski definition) is 1. The molecule has 0 radical (unpaired) electrons. The van der Waals surface area contributed by atoms with Crippen molar-refractivity contribution in [2.45, 2.75) is 12.3 Å². The van der Waals surface area contributed by atoms with E-state index in [-0.39, 0.29) is 5.82 Å². The molecule has 0 aliphatic carbocycles. The van der Waals surface area contributed by atoms with Crippen molar-refractivity contribution in [3.8, 4) is 5.75 Å². The molecule has 0 amide bonds. The van der Waals surface area contributed by atoms with Gasteiger partial charge < -0.3 is 10.5 Å². The second kappa shape index (κ2) is 3.34. The highest BCUT2D eigenvalue weighted by Crippen LogP contribution is 2.33. The van der Waals surface area contributed by atoms with E-state index in [9.17, 15) is 4.39 Å². The summed E-state index contributed by atoms with van der Waals surface area (Å²) < 4.78 is 18.2. The number of benzene rings is 1. The Hall–Kier alpha value is -1.09. The highest BCUT2D eigenvalue weighted by atomic mass is 19.1.